The summed E-state index contributed by atoms with van der Waals surface area (Å²) in [6.07, 6.45) is 1.62. The lowest BCUT2D eigenvalue weighted by Gasteiger charge is -2.16. The van der Waals surface area contributed by atoms with Crippen molar-refractivity contribution in [2.75, 3.05) is 32.6 Å². The van der Waals surface area contributed by atoms with Crippen molar-refractivity contribution < 1.29 is 27.8 Å². The molecule has 1 fully saturated rings. The second-order valence-corrected chi connectivity index (χ2v) is 10.5. The fraction of sp³-hybridized carbons (Fsp3) is 0.381. The van der Waals surface area contributed by atoms with Crippen molar-refractivity contribution in [2.45, 2.75) is 31.3 Å². The van der Waals surface area contributed by atoms with Gasteiger partial charge in [0.25, 0.3) is 5.91 Å². The van der Waals surface area contributed by atoms with Gasteiger partial charge in [-0.2, -0.15) is 9.29 Å². The summed E-state index contributed by atoms with van der Waals surface area (Å²) in [5, 5.41) is 13.5. The molecule has 1 aliphatic rings. The average Bonchev–Trinajstić information content (AvgIpc) is 3.44. The van der Waals surface area contributed by atoms with Crippen molar-refractivity contribution in [3.05, 3.63) is 34.5 Å². The highest BCUT2D eigenvalue weighted by Crippen LogP contribution is 2.36. The number of nitrogens with zero attached hydrogens (tertiary/aromatic N) is 3. The second kappa shape index (κ2) is 9.21. The predicted molar refractivity (Wildman–Crippen MR) is 123 cm³/mol. The monoisotopic (exact) mass is 492 g/mol. The molecule has 2 N–H and O–H groups in total. The molecule has 0 spiro atoms. The number of amides is 1. The number of anilines is 1. The minimum Gasteiger partial charge on any atom is -0.506 e. The van der Waals surface area contributed by atoms with Crippen molar-refractivity contribution in [2.24, 2.45) is 0 Å². The summed E-state index contributed by atoms with van der Waals surface area (Å²) in [5.41, 5.74) is 0.629. The van der Waals surface area contributed by atoms with Crippen LogP contribution in [0.5, 0.6) is 11.6 Å². The van der Waals surface area contributed by atoms with Crippen LogP contribution in [0.25, 0.3) is 10.2 Å². The largest absolute Gasteiger partial charge is 0.506 e. The fourth-order valence-electron chi connectivity index (χ4n) is 3.73. The average molecular weight is 493 g/mol. The van der Waals surface area contributed by atoms with Crippen LogP contribution in [0.3, 0.4) is 0 Å². The Hall–Kier alpha value is -2.80. The van der Waals surface area contributed by atoms with Crippen LogP contribution in [0.1, 0.15) is 33.9 Å². The molecule has 1 saturated heterocycles. The van der Waals surface area contributed by atoms with Gasteiger partial charge in [0.15, 0.2) is 5.82 Å². The Balaban J connectivity index is 1.68. The number of fused-ring (bicyclic) bond motifs is 1. The van der Waals surface area contributed by atoms with Crippen LogP contribution < -0.4 is 10.1 Å². The van der Waals surface area contributed by atoms with Gasteiger partial charge in [0.05, 0.1) is 28.0 Å². The van der Waals surface area contributed by atoms with Gasteiger partial charge in [-0.25, -0.2) is 13.4 Å². The van der Waals surface area contributed by atoms with E-state index in [9.17, 15) is 18.3 Å². The first kappa shape index (κ1) is 23.4. The minimum atomic E-state index is -3.70. The molecule has 1 aromatic carbocycles. The van der Waals surface area contributed by atoms with Gasteiger partial charge in [0.1, 0.15) is 17.2 Å². The number of phenolic OH excluding ortho intramolecular Hbond substituents is 1. The molecule has 0 unspecified atom stereocenters. The number of ether oxygens (including phenoxy) is 2. The molecule has 0 saturated carbocycles. The summed E-state index contributed by atoms with van der Waals surface area (Å²) in [5.74, 6) is 0.0213. The number of nitrogens with one attached hydrogen (secondary N) is 1. The molecule has 2 aromatic heterocycles. The molecule has 0 atom stereocenters. The molecule has 33 heavy (non-hydrogen) atoms. The number of aromatic nitrogens is 2. The summed E-state index contributed by atoms with van der Waals surface area (Å²) >= 11 is 1.15. The van der Waals surface area contributed by atoms with E-state index >= 15 is 0 Å². The van der Waals surface area contributed by atoms with E-state index in [1.807, 2.05) is 0 Å². The third-order valence-corrected chi connectivity index (χ3v) is 8.47. The van der Waals surface area contributed by atoms with Crippen molar-refractivity contribution in [3.8, 4) is 11.6 Å². The lowest BCUT2D eigenvalue weighted by atomic mass is 10.2. The van der Waals surface area contributed by atoms with Gasteiger partial charge in [0, 0.05) is 20.2 Å². The van der Waals surface area contributed by atoms with E-state index < -0.39 is 15.9 Å². The van der Waals surface area contributed by atoms with Crippen LogP contribution in [0.4, 0.5) is 5.69 Å². The maximum absolute atomic E-state index is 13.1. The van der Waals surface area contributed by atoms with E-state index in [1.54, 1.807) is 6.92 Å². The van der Waals surface area contributed by atoms with Crippen LogP contribution in [-0.2, 0) is 21.4 Å². The zero-order chi connectivity index (χ0) is 23.8. The van der Waals surface area contributed by atoms with Gasteiger partial charge in [0.2, 0.25) is 15.9 Å². The van der Waals surface area contributed by atoms with E-state index in [1.165, 1.54) is 36.7 Å². The Morgan fingerprint density at radius 1 is 1.24 bits per heavy atom. The van der Waals surface area contributed by atoms with E-state index in [-0.39, 0.29) is 22.9 Å². The van der Waals surface area contributed by atoms with Gasteiger partial charge < -0.3 is 19.9 Å². The molecule has 1 aliphatic heterocycles. The van der Waals surface area contributed by atoms with Crippen LogP contribution >= 0.6 is 11.3 Å². The number of hydrogen-bond acceptors (Lipinski definition) is 9. The van der Waals surface area contributed by atoms with Crippen molar-refractivity contribution in [1.82, 2.24) is 14.3 Å². The molecule has 10 nitrogen and oxygen atoms in total. The van der Waals surface area contributed by atoms with Crippen LogP contribution in [0, 0.1) is 6.92 Å². The molecule has 0 radical (unpaired) electrons. The molecule has 0 aliphatic carbocycles. The lowest BCUT2D eigenvalue weighted by Crippen LogP contribution is -2.28. The molecular formula is C21H24N4O6S2. The first-order valence-corrected chi connectivity index (χ1v) is 12.5. The first-order valence-electron chi connectivity index (χ1n) is 10.2. The number of aryl methyl sites for hydroxylation is 1. The summed E-state index contributed by atoms with van der Waals surface area (Å²) in [6, 6.07) is 3.88. The number of carbonyl (C=O) groups excluding carboxylic acids is 1. The molecule has 3 aromatic rings. The molecule has 0 bridgehead atoms. The fourth-order valence-corrected chi connectivity index (χ4v) is 6.36. The number of thiophene rings is 1. The van der Waals surface area contributed by atoms with Crippen molar-refractivity contribution in [1.29, 1.82) is 0 Å². The number of phenols is 1. The van der Waals surface area contributed by atoms with Crippen molar-refractivity contribution >= 4 is 43.2 Å². The maximum atomic E-state index is 13.1. The highest BCUT2D eigenvalue weighted by molar-refractivity contribution is 7.89. The summed E-state index contributed by atoms with van der Waals surface area (Å²) < 4.78 is 37.6. The SMILES string of the molecule is COCc1nc(OC)c2c(C)c(C(=O)Nc3cc(S(=O)(=O)N4CCCC4)ccc3O)sc2n1. The summed E-state index contributed by atoms with van der Waals surface area (Å²) in [4.78, 5) is 22.8. The van der Waals surface area contributed by atoms with Gasteiger partial charge in [-0.1, -0.05) is 0 Å². The second-order valence-electron chi connectivity index (χ2n) is 7.56. The quantitative estimate of drug-likeness (QED) is 0.482. The van der Waals surface area contributed by atoms with Crippen LogP contribution in [0.2, 0.25) is 0 Å². The number of hydrogen-bond donors (Lipinski definition) is 2. The van der Waals surface area contributed by atoms with E-state index in [4.69, 9.17) is 9.47 Å². The Bertz CT molecular complexity index is 1320. The molecule has 1 amide bonds. The summed E-state index contributed by atoms with van der Waals surface area (Å²) in [7, 11) is -0.683. The van der Waals surface area contributed by atoms with Gasteiger partial charge in [-0.05, 0) is 43.5 Å². The molecule has 176 valence electrons. The Labute approximate surface area is 195 Å². The van der Waals surface area contributed by atoms with Crippen LogP contribution in [-0.4, -0.2) is 61.0 Å². The van der Waals surface area contributed by atoms with E-state index in [0.717, 1.165) is 24.2 Å². The van der Waals surface area contributed by atoms with Crippen LogP contribution in [0.15, 0.2) is 23.1 Å². The third kappa shape index (κ3) is 4.38. The third-order valence-electron chi connectivity index (χ3n) is 5.40. The molecule has 3 heterocycles. The topological polar surface area (TPSA) is 131 Å². The smallest absolute Gasteiger partial charge is 0.266 e. The van der Waals surface area contributed by atoms with E-state index in [0.29, 0.717) is 45.5 Å². The Morgan fingerprint density at radius 2 is 1.97 bits per heavy atom. The molecule has 12 heteroatoms. The number of sulfonamides is 1. The molecule has 4 rings (SSSR count). The van der Waals surface area contributed by atoms with Gasteiger partial charge in [-0.3, -0.25) is 4.79 Å². The Morgan fingerprint density at radius 3 is 2.64 bits per heavy atom. The number of carbonyl (C=O) groups is 1. The van der Waals surface area contributed by atoms with Gasteiger partial charge >= 0.3 is 0 Å². The lowest BCUT2D eigenvalue weighted by molar-refractivity contribution is 0.102. The van der Waals surface area contributed by atoms with Crippen molar-refractivity contribution in [3.63, 3.8) is 0 Å². The zero-order valence-corrected chi connectivity index (χ0v) is 20.0. The Kier molecular flexibility index (Phi) is 6.52. The highest BCUT2D eigenvalue weighted by atomic mass is 32.2. The van der Waals surface area contributed by atoms with E-state index in [2.05, 4.69) is 15.3 Å². The maximum Gasteiger partial charge on any atom is 0.266 e. The highest BCUT2D eigenvalue weighted by Gasteiger charge is 2.28. The standard InChI is InChI=1S/C21H24N4O6S2/c1-12-17-20(31-3)23-16(11-30-2)24-21(17)32-18(12)19(27)22-14-10-13(6-7-15(14)26)33(28,29)25-8-4-5-9-25/h6-7,10,26H,4-5,8-9,11H2,1-3H3,(H,22,27). The first-order chi connectivity index (χ1) is 15.8. The predicted octanol–water partition coefficient (Wildman–Crippen LogP) is 2.90. The minimum absolute atomic E-state index is 0.00949. The number of rotatable bonds is 7. The number of aromatic hydroxyl groups is 1. The normalized spacial score (nSPS) is 14.6. The summed E-state index contributed by atoms with van der Waals surface area (Å²) in [6.45, 7) is 2.86. The number of methoxy groups -OCH3 is 2. The zero-order valence-electron chi connectivity index (χ0n) is 18.4. The number of benzene rings is 1. The van der Waals surface area contributed by atoms with Gasteiger partial charge in [-0.15, -0.1) is 11.3 Å². The molecular weight excluding hydrogens is 468 g/mol.